The third-order valence-electron chi connectivity index (χ3n) is 2.51. The van der Waals surface area contributed by atoms with Crippen molar-refractivity contribution >= 4 is 17.4 Å². The molecule has 0 aliphatic heterocycles. The Hall–Kier alpha value is -1.69. The molecule has 0 saturated heterocycles. The predicted octanol–water partition coefficient (Wildman–Crippen LogP) is 1.74. The van der Waals surface area contributed by atoms with E-state index in [4.69, 9.17) is 11.6 Å². The lowest BCUT2D eigenvalue weighted by Crippen LogP contribution is -2.13. The van der Waals surface area contributed by atoms with Crippen LogP contribution in [0.1, 0.15) is 24.4 Å². The Morgan fingerprint density at radius 2 is 2.18 bits per heavy atom. The van der Waals surface area contributed by atoms with Crippen LogP contribution in [-0.4, -0.2) is 24.7 Å². The normalized spacial score (nSPS) is 12.5. The monoisotopic (exact) mass is 252 g/mol. The predicted molar refractivity (Wildman–Crippen MR) is 64.8 cm³/mol. The van der Waals surface area contributed by atoms with Crippen LogP contribution in [0.15, 0.2) is 12.7 Å². The minimum atomic E-state index is -0.00725. The zero-order valence-electron chi connectivity index (χ0n) is 9.85. The maximum absolute atomic E-state index is 5.93. The summed E-state index contributed by atoms with van der Waals surface area (Å²) < 4.78 is 1.86. The SMILES string of the molecule is Cc1c(Cl)ncnc1NC(C)c1nncn1C. The Morgan fingerprint density at radius 3 is 2.82 bits per heavy atom. The molecule has 2 aromatic rings. The molecule has 90 valence electrons. The van der Waals surface area contributed by atoms with Crippen molar-refractivity contribution in [2.75, 3.05) is 5.32 Å². The van der Waals surface area contributed by atoms with Crippen LogP contribution < -0.4 is 5.32 Å². The molecule has 6 nitrogen and oxygen atoms in total. The van der Waals surface area contributed by atoms with E-state index in [0.29, 0.717) is 11.0 Å². The molecule has 0 amide bonds. The Labute approximate surface area is 104 Å². The van der Waals surface area contributed by atoms with Crippen LogP contribution in [-0.2, 0) is 7.05 Å². The molecule has 1 N–H and O–H groups in total. The first-order chi connectivity index (χ1) is 8.09. The van der Waals surface area contributed by atoms with Crippen LogP contribution in [0.5, 0.6) is 0 Å². The van der Waals surface area contributed by atoms with E-state index in [1.807, 2.05) is 25.5 Å². The second-order valence-electron chi connectivity index (χ2n) is 3.80. The van der Waals surface area contributed by atoms with Crippen molar-refractivity contribution in [3.05, 3.63) is 29.2 Å². The summed E-state index contributed by atoms with van der Waals surface area (Å²) in [6.45, 7) is 3.85. The molecular formula is C10H13ClN6. The van der Waals surface area contributed by atoms with Gasteiger partial charge in [-0.25, -0.2) is 9.97 Å². The molecule has 0 bridgehead atoms. The molecule has 0 aromatic carbocycles. The van der Waals surface area contributed by atoms with Gasteiger partial charge in [0.25, 0.3) is 0 Å². The van der Waals surface area contributed by atoms with E-state index in [9.17, 15) is 0 Å². The van der Waals surface area contributed by atoms with Gasteiger partial charge in [-0.3, -0.25) is 0 Å². The van der Waals surface area contributed by atoms with Crippen LogP contribution in [0.2, 0.25) is 5.15 Å². The van der Waals surface area contributed by atoms with Crippen LogP contribution in [0, 0.1) is 6.92 Å². The van der Waals surface area contributed by atoms with E-state index in [1.165, 1.54) is 6.33 Å². The Bertz CT molecular complexity index is 523. The molecule has 0 aliphatic carbocycles. The van der Waals surface area contributed by atoms with Crippen LogP contribution >= 0.6 is 11.6 Å². The summed E-state index contributed by atoms with van der Waals surface area (Å²) >= 11 is 5.93. The van der Waals surface area contributed by atoms with Gasteiger partial charge in [-0.2, -0.15) is 0 Å². The van der Waals surface area contributed by atoms with E-state index < -0.39 is 0 Å². The summed E-state index contributed by atoms with van der Waals surface area (Å²) in [4.78, 5) is 8.06. The molecule has 0 spiro atoms. The second kappa shape index (κ2) is 4.67. The molecule has 17 heavy (non-hydrogen) atoms. The molecular weight excluding hydrogens is 240 g/mol. The zero-order chi connectivity index (χ0) is 12.4. The first-order valence-electron chi connectivity index (χ1n) is 5.17. The minimum absolute atomic E-state index is 0.00725. The smallest absolute Gasteiger partial charge is 0.154 e. The third-order valence-corrected chi connectivity index (χ3v) is 2.89. The fourth-order valence-electron chi connectivity index (χ4n) is 1.53. The lowest BCUT2D eigenvalue weighted by atomic mass is 10.3. The van der Waals surface area contributed by atoms with E-state index in [-0.39, 0.29) is 6.04 Å². The Morgan fingerprint density at radius 1 is 1.41 bits per heavy atom. The number of nitrogens with zero attached hydrogens (tertiary/aromatic N) is 5. The second-order valence-corrected chi connectivity index (χ2v) is 4.16. The molecule has 1 unspecified atom stereocenters. The van der Waals surface area contributed by atoms with Crippen molar-refractivity contribution in [1.29, 1.82) is 0 Å². The lowest BCUT2D eigenvalue weighted by Gasteiger charge is -2.15. The van der Waals surface area contributed by atoms with Gasteiger partial charge in [-0.15, -0.1) is 10.2 Å². The fourth-order valence-corrected chi connectivity index (χ4v) is 1.66. The lowest BCUT2D eigenvalue weighted by molar-refractivity contribution is 0.715. The van der Waals surface area contributed by atoms with Gasteiger partial charge in [0.05, 0.1) is 6.04 Å². The minimum Gasteiger partial charge on any atom is -0.360 e. The number of aromatic nitrogens is 5. The van der Waals surface area contributed by atoms with Gasteiger partial charge >= 0.3 is 0 Å². The molecule has 2 aromatic heterocycles. The van der Waals surface area contributed by atoms with Crippen LogP contribution in [0.3, 0.4) is 0 Å². The quantitative estimate of drug-likeness (QED) is 0.843. The number of hydrogen-bond acceptors (Lipinski definition) is 5. The van der Waals surface area contributed by atoms with E-state index in [1.54, 1.807) is 6.33 Å². The van der Waals surface area contributed by atoms with Crippen LogP contribution in [0.25, 0.3) is 0 Å². The van der Waals surface area contributed by atoms with Crippen molar-refractivity contribution in [2.24, 2.45) is 7.05 Å². The van der Waals surface area contributed by atoms with Gasteiger partial charge in [0.2, 0.25) is 0 Å². The van der Waals surface area contributed by atoms with Crippen molar-refractivity contribution in [3.8, 4) is 0 Å². The first kappa shape index (κ1) is 11.8. The Balaban J connectivity index is 2.22. The summed E-state index contributed by atoms with van der Waals surface area (Å²) in [6, 6.07) is -0.00725. The summed E-state index contributed by atoms with van der Waals surface area (Å²) in [6.07, 6.45) is 3.09. The highest BCUT2D eigenvalue weighted by molar-refractivity contribution is 6.30. The molecule has 0 fully saturated rings. The van der Waals surface area contributed by atoms with E-state index in [2.05, 4.69) is 25.5 Å². The fraction of sp³-hybridized carbons (Fsp3) is 0.400. The summed E-state index contributed by atoms with van der Waals surface area (Å²) in [5, 5.41) is 11.6. The van der Waals surface area contributed by atoms with Crippen molar-refractivity contribution in [1.82, 2.24) is 24.7 Å². The molecule has 0 saturated carbocycles. The molecule has 2 rings (SSSR count). The summed E-state index contributed by atoms with van der Waals surface area (Å²) in [7, 11) is 1.90. The number of halogens is 1. The molecule has 0 radical (unpaired) electrons. The van der Waals surface area contributed by atoms with Crippen molar-refractivity contribution < 1.29 is 0 Å². The topological polar surface area (TPSA) is 68.5 Å². The molecule has 0 aliphatic rings. The van der Waals surface area contributed by atoms with E-state index in [0.717, 1.165) is 11.4 Å². The number of rotatable bonds is 3. The highest BCUT2D eigenvalue weighted by Crippen LogP contribution is 2.21. The van der Waals surface area contributed by atoms with Gasteiger partial charge in [-0.05, 0) is 13.8 Å². The van der Waals surface area contributed by atoms with Crippen LogP contribution in [0.4, 0.5) is 5.82 Å². The number of aryl methyl sites for hydroxylation is 1. The maximum atomic E-state index is 5.93. The van der Waals surface area contributed by atoms with Crippen molar-refractivity contribution in [2.45, 2.75) is 19.9 Å². The summed E-state index contributed by atoms with van der Waals surface area (Å²) in [5.74, 6) is 1.54. The average Bonchev–Trinajstić information content (AvgIpc) is 2.71. The highest BCUT2D eigenvalue weighted by Gasteiger charge is 2.13. The highest BCUT2D eigenvalue weighted by atomic mass is 35.5. The largest absolute Gasteiger partial charge is 0.360 e. The van der Waals surface area contributed by atoms with Gasteiger partial charge in [-0.1, -0.05) is 11.6 Å². The molecule has 7 heteroatoms. The van der Waals surface area contributed by atoms with Gasteiger partial charge in [0, 0.05) is 12.6 Å². The van der Waals surface area contributed by atoms with Gasteiger partial charge < -0.3 is 9.88 Å². The van der Waals surface area contributed by atoms with Gasteiger partial charge in [0.15, 0.2) is 5.82 Å². The summed E-state index contributed by atoms with van der Waals surface area (Å²) in [5.41, 5.74) is 0.822. The first-order valence-corrected chi connectivity index (χ1v) is 5.55. The molecule has 2 heterocycles. The number of nitrogens with one attached hydrogen (secondary N) is 1. The third kappa shape index (κ3) is 2.36. The number of hydrogen-bond donors (Lipinski definition) is 1. The standard InChI is InChI=1S/C10H13ClN6/c1-6-8(11)12-4-13-9(6)15-7(2)10-16-14-5-17(10)3/h4-5,7H,1-3H3,(H,12,13,15). The maximum Gasteiger partial charge on any atom is 0.154 e. The number of anilines is 1. The molecule has 1 atom stereocenters. The average molecular weight is 253 g/mol. The zero-order valence-corrected chi connectivity index (χ0v) is 10.6. The van der Waals surface area contributed by atoms with Gasteiger partial charge in [0.1, 0.15) is 23.6 Å². The van der Waals surface area contributed by atoms with Crippen molar-refractivity contribution in [3.63, 3.8) is 0 Å². The van der Waals surface area contributed by atoms with E-state index >= 15 is 0 Å². The Kier molecular flexibility index (Phi) is 3.23.